The Balaban J connectivity index is 2.34. The zero-order chi connectivity index (χ0) is 14.7. The second-order valence-corrected chi connectivity index (χ2v) is 4.81. The Morgan fingerprint density at radius 2 is 2.05 bits per heavy atom. The van der Waals surface area contributed by atoms with Crippen molar-refractivity contribution in [1.29, 1.82) is 0 Å². The normalized spacial score (nSPS) is 10.2. The smallest absolute Gasteiger partial charge is 0.274 e. The number of nitro groups is 1. The third kappa shape index (κ3) is 3.41. The molecule has 2 aromatic rings. The number of benzene rings is 1. The highest BCUT2D eigenvalue weighted by Crippen LogP contribution is 2.29. The molecular formula is C12H11BrN4O3. The van der Waals surface area contributed by atoms with Gasteiger partial charge in [0.15, 0.2) is 0 Å². The summed E-state index contributed by atoms with van der Waals surface area (Å²) < 4.78 is 6.10. The number of aryl methyl sites for hydroxylation is 1. The first-order chi connectivity index (χ1) is 9.47. The molecule has 1 aromatic heterocycles. The van der Waals surface area contributed by atoms with Crippen LogP contribution in [0.25, 0.3) is 0 Å². The Labute approximate surface area is 123 Å². The minimum atomic E-state index is -0.484. The molecule has 2 rings (SSSR count). The fraction of sp³-hybridized carbons (Fsp3) is 0.167. The molecule has 1 aromatic carbocycles. The Morgan fingerprint density at radius 1 is 1.30 bits per heavy atom. The second kappa shape index (κ2) is 5.83. The number of nitrogens with one attached hydrogen (secondary N) is 1. The number of halogens is 1. The maximum Gasteiger partial charge on any atom is 0.274 e. The molecule has 1 heterocycles. The summed E-state index contributed by atoms with van der Waals surface area (Å²) in [7, 11) is 1.73. The molecule has 0 saturated carbocycles. The van der Waals surface area contributed by atoms with Gasteiger partial charge in [0.2, 0.25) is 5.88 Å². The van der Waals surface area contributed by atoms with E-state index >= 15 is 0 Å². The van der Waals surface area contributed by atoms with E-state index in [9.17, 15) is 10.1 Å². The number of aromatic nitrogens is 2. The molecule has 8 heteroatoms. The summed E-state index contributed by atoms with van der Waals surface area (Å²) >= 11 is 3.21. The first kappa shape index (κ1) is 14.2. The lowest BCUT2D eigenvalue weighted by atomic mass is 10.3. The van der Waals surface area contributed by atoms with Crippen LogP contribution in [0.3, 0.4) is 0 Å². The van der Waals surface area contributed by atoms with E-state index in [-0.39, 0.29) is 5.69 Å². The van der Waals surface area contributed by atoms with E-state index in [2.05, 4.69) is 31.2 Å². The molecule has 20 heavy (non-hydrogen) atoms. The van der Waals surface area contributed by atoms with Crippen molar-refractivity contribution in [1.82, 2.24) is 9.97 Å². The zero-order valence-corrected chi connectivity index (χ0v) is 12.3. The molecule has 0 amide bonds. The molecule has 104 valence electrons. The fourth-order valence-electron chi connectivity index (χ4n) is 1.55. The monoisotopic (exact) mass is 338 g/mol. The van der Waals surface area contributed by atoms with Crippen LogP contribution >= 0.6 is 15.9 Å². The van der Waals surface area contributed by atoms with E-state index in [1.807, 2.05) is 0 Å². The lowest BCUT2D eigenvalue weighted by Gasteiger charge is -2.07. The predicted octanol–water partition coefficient (Wildman–Crippen LogP) is 3.29. The van der Waals surface area contributed by atoms with E-state index in [0.717, 1.165) is 0 Å². The van der Waals surface area contributed by atoms with Gasteiger partial charge in [0, 0.05) is 23.7 Å². The molecule has 0 atom stereocenters. The third-order valence-corrected chi connectivity index (χ3v) is 2.82. The minimum Gasteiger partial charge on any atom is -0.439 e. The summed E-state index contributed by atoms with van der Waals surface area (Å²) in [5, 5.41) is 13.7. The van der Waals surface area contributed by atoms with E-state index in [1.165, 1.54) is 12.1 Å². The van der Waals surface area contributed by atoms with Crippen LogP contribution in [0.15, 0.2) is 28.7 Å². The maximum absolute atomic E-state index is 10.8. The highest BCUT2D eigenvalue weighted by Gasteiger charge is 2.11. The van der Waals surface area contributed by atoms with Crippen LogP contribution in [0.1, 0.15) is 5.82 Å². The van der Waals surface area contributed by atoms with Gasteiger partial charge in [-0.2, -0.15) is 4.98 Å². The number of hydrogen-bond donors (Lipinski definition) is 1. The summed E-state index contributed by atoms with van der Waals surface area (Å²) in [5.41, 5.74) is -0.0611. The Morgan fingerprint density at radius 3 is 2.70 bits per heavy atom. The molecule has 0 unspecified atom stereocenters. The number of rotatable bonds is 4. The summed E-state index contributed by atoms with van der Waals surface area (Å²) in [6.45, 7) is 1.73. The van der Waals surface area contributed by atoms with E-state index in [0.29, 0.717) is 27.7 Å². The van der Waals surface area contributed by atoms with Crippen LogP contribution in [0, 0.1) is 17.0 Å². The number of anilines is 1. The molecule has 0 radical (unpaired) electrons. The molecule has 0 aliphatic carbocycles. The summed E-state index contributed by atoms with van der Waals surface area (Å²) in [4.78, 5) is 18.6. The van der Waals surface area contributed by atoms with Crippen LogP contribution in [0.2, 0.25) is 0 Å². The molecule has 0 aliphatic heterocycles. The molecular weight excluding hydrogens is 328 g/mol. The average molecular weight is 339 g/mol. The minimum absolute atomic E-state index is 0.0611. The van der Waals surface area contributed by atoms with Crippen molar-refractivity contribution in [3.63, 3.8) is 0 Å². The molecule has 0 spiro atoms. The van der Waals surface area contributed by atoms with Gasteiger partial charge in [0.05, 0.1) is 11.0 Å². The van der Waals surface area contributed by atoms with Gasteiger partial charge in [-0.15, -0.1) is 0 Å². The molecule has 7 nitrogen and oxygen atoms in total. The molecule has 0 aliphatic rings. The second-order valence-electron chi connectivity index (χ2n) is 3.89. The van der Waals surface area contributed by atoms with Crippen LogP contribution in [0.5, 0.6) is 11.6 Å². The van der Waals surface area contributed by atoms with Crippen LogP contribution in [0.4, 0.5) is 11.5 Å². The lowest BCUT2D eigenvalue weighted by molar-refractivity contribution is -0.385. The fourth-order valence-corrected chi connectivity index (χ4v) is 2.01. The van der Waals surface area contributed by atoms with Gasteiger partial charge < -0.3 is 10.1 Å². The van der Waals surface area contributed by atoms with Crippen molar-refractivity contribution < 1.29 is 9.66 Å². The highest BCUT2D eigenvalue weighted by atomic mass is 79.9. The predicted molar refractivity (Wildman–Crippen MR) is 77.2 cm³/mol. The summed E-state index contributed by atoms with van der Waals surface area (Å²) in [5.74, 6) is 1.79. The molecule has 0 bridgehead atoms. The molecule has 1 N–H and O–H groups in total. The van der Waals surface area contributed by atoms with Gasteiger partial charge in [-0.1, -0.05) is 15.9 Å². The largest absolute Gasteiger partial charge is 0.439 e. The van der Waals surface area contributed by atoms with Gasteiger partial charge in [0.25, 0.3) is 5.69 Å². The van der Waals surface area contributed by atoms with Gasteiger partial charge in [-0.25, -0.2) is 4.98 Å². The van der Waals surface area contributed by atoms with Gasteiger partial charge in [0.1, 0.15) is 17.4 Å². The zero-order valence-electron chi connectivity index (χ0n) is 10.8. The Kier molecular flexibility index (Phi) is 4.14. The number of nitro benzene ring substituents is 1. The molecule has 0 fully saturated rings. The third-order valence-electron chi connectivity index (χ3n) is 2.36. The van der Waals surface area contributed by atoms with Crippen molar-refractivity contribution in [2.45, 2.75) is 6.92 Å². The van der Waals surface area contributed by atoms with Crippen LogP contribution in [-0.4, -0.2) is 21.9 Å². The number of ether oxygens (including phenoxy) is 1. The number of non-ortho nitro benzene ring substituents is 1. The Hall–Kier alpha value is -2.22. The van der Waals surface area contributed by atoms with Gasteiger partial charge in [-0.05, 0) is 13.0 Å². The van der Waals surface area contributed by atoms with E-state index < -0.39 is 4.92 Å². The van der Waals surface area contributed by atoms with Gasteiger partial charge >= 0.3 is 0 Å². The van der Waals surface area contributed by atoms with Gasteiger partial charge in [-0.3, -0.25) is 10.1 Å². The summed E-state index contributed by atoms with van der Waals surface area (Å²) in [6.07, 6.45) is 0. The first-order valence-electron chi connectivity index (χ1n) is 5.64. The van der Waals surface area contributed by atoms with Crippen LogP contribution < -0.4 is 10.1 Å². The Bertz CT molecular complexity index is 663. The van der Waals surface area contributed by atoms with Crippen LogP contribution in [-0.2, 0) is 0 Å². The van der Waals surface area contributed by atoms with Crippen molar-refractivity contribution in [2.75, 3.05) is 12.4 Å². The SMILES string of the molecule is CNc1cc(Oc2cc(Br)cc([N+](=O)[O-])c2)nc(C)n1. The maximum atomic E-state index is 10.8. The lowest BCUT2D eigenvalue weighted by Crippen LogP contribution is -1.99. The number of nitrogens with zero attached hydrogens (tertiary/aromatic N) is 3. The highest BCUT2D eigenvalue weighted by molar-refractivity contribution is 9.10. The average Bonchev–Trinajstić information content (AvgIpc) is 2.37. The first-order valence-corrected chi connectivity index (χ1v) is 6.43. The summed E-state index contributed by atoms with van der Waals surface area (Å²) in [6, 6.07) is 5.97. The quantitative estimate of drug-likeness (QED) is 0.679. The van der Waals surface area contributed by atoms with Crippen molar-refractivity contribution in [3.8, 4) is 11.6 Å². The van der Waals surface area contributed by atoms with E-state index in [4.69, 9.17) is 4.74 Å². The van der Waals surface area contributed by atoms with Crippen molar-refractivity contribution in [2.24, 2.45) is 0 Å². The standard InChI is InChI=1S/C12H11BrN4O3/c1-7-15-11(14-2)6-12(16-7)20-10-4-8(13)3-9(5-10)17(18)19/h3-6H,1-2H3,(H,14,15,16). The van der Waals surface area contributed by atoms with Crippen molar-refractivity contribution >= 4 is 27.4 Å². The van der Waals surface area contributed by atoms with E-state index in [1.54, 1.807) is 26.1 Å². The topological polar surface area (TPSA) is 90.2 Å². The van der Waals surface area contributed by atoms with Crippen molar-refractivity contribution in [3.05, 3.63) is 44.7 Å². The molecule has 0 saturated heterocycles. The number of hydrogen-bond acceptors (Lipinski definition) is 6.